The van der Waals surface area contributed by atoms with Crippen LogP contribution in [-0.4, -0.2) is 21.1 Å². The van der Waals surface area contributed by atoms with Crippen LogP contribution in [0.5, 0.6) is 0 Å². The van der Waals surface area contributed by atoms with Gasteiger partial charge in [-0.15, -0.1) is 23.2 Å². The lowest BCUT2D eigenvalue weighted by atomic mass is 10.1. The number of hydrogen-bond acceptors (Lipinski definition) is 2. The number of benzene rings is 1. The summed E-state index contributed by atoms with van der Waals surface area (Å²) in [5.74, 6) is 0.328. The number of rotatable bonds is 6. The summed E-state index contributed by atoms with van der Waals surface area (Å²) in [6.07, 6.45) is 0. The van der Waals surface area contributed by atoms with E-state index in [1.807, 2.05) is 6.07 Å². The SMILES string of the molecule is CC(=O)CN(c1cc(CCl)cc(CCl)c1)S(=O)O. The fraction of sp³-hybridized carbons (Fsp3) is 0.364. The van der Waals surface area contributed by atoms with Gasteiger partial charge in [-0.3, -0.25) is 13.7 Å². The zero-order valence-electron chi connectivity index (χ0n) is 9.73. The van der Waals surface area contributed by atoms with Gasteiger partial charge in [0.25, 0.3) is 11.3 Å². The minimum absolute atomic E-state index is 0.142. The maximum Gasteiger partial charge on any atom is 0.262 e. The van der Waals surface area contributed by atoms with Gasteiger partial charge in [-0.25, -0.2) is 4.21 Å². The van der Waals surface area contributed by atoms with Gasteiger partial charge in [0.1, 0.15) is 5.78 Å². The lowest BCUT2D eigenvalue weighted by molar-refractivity contribution is -0.115. The quantitative estimate of drug-likeness (QED) is 0.649. The first kappa shape index (κ1) is 15.4. The zero-order chi connectivity index (χ0) is 13.7. The highest BCUT2D eigenvalue weighted by atomic mass is 35.5. The van der Waals surface area contributed by atoms with Crippen LogP contribution in [0.25, 0.3) is 0 Å². The molecule has 0 saturated heterocycles. The fourth-order valence-electron chi connectivity index (χ4n) is 1.48. The summed E-state index contributed by atoms with van der Waals surface area (Å²) in [5.41, 5.74) is 2.02. The van der Waals surface area contributed by atoms with Crippen LogP contribution in [0.4, 0.5) is 5.69 Å². The molecule has 1 unspecified atom stereocenters. The van der Waals surface area contributed by atoms with Crippen molar-refractivity contribution in [1.29, 1.82) is 0 Å². The molecule has 100 valence electrons. The van der Waals surface area contributed by atoms with Crippen molar-refractivity contribution in [2.75, 3.05) is 10.8 Å². The molecule has 18 heavy (non-hydrogen) atoms. The number of anilines is 1. The Morgan fingerprint density at radius 2 is 1.78 bits per heavy atom. The van der Waals surface area contributed by atoms with E-state index in [2.05, 4.69) is 0 Å². The van der Waals surface area contributed by atoms with Gasteiger partial charge in [0, 0.05) is 11.8 Å². The predicted octanol–water partition coefficient (Wildman–Crippen LogP) is 2.70. The second kappa shape index (κ2) is 7.09. The number of halogens is 2. The van der Waals surface area contributed by atoms with E-state index in [-0.39, 0.29) is 24.1 Å². The first-order valence-corrected chi connectivity index (χ1v) is 7.24. The molecule has 0 spiro atoms. The lowest BCUT2D eigenvalue weighted by Gasteiger charge is -2.19. The first-order chi connectivity index (χ1) is 8.47. The number of ketones is 1. The van der Waals surface area contributed by atoms with Crippen molar-refractivity contribution in [1.82, 2.24) is 0 Å². The number of alkyl halides is 2. The molecule has 0 aliphatic heterocycles. The normalized spacial score (nSPS) is 12.2. The van der Waals surface area contributed by atoms with Gasteiger partial charge in [-0.1, -0.05) is 6.07 Å². The van der Waals surface area contributed by atoms with Crippen LogP contribution in [0.15, 0.2) is 18.2 Å². The third-order valence-electron chi connectivity index (χ3n) is 2.19. The van der Waals surface area contributed by atoms with Crippen LogP contribution in [0.3, 0.4) is 0 Å². The fourth-order valence-corrected chi connectivity index (χ4v) is 2.37. The summed E-state index contributed by atoms with van der Waals surface area (Å²) < 4.78 is 21.6. The van der Waals surface area contributed by atoms with Crippen molar-refractivity contribution in [2.45, 2.75) is 18.7 Å². The van der Waals surface area contributed by atoms with Crippen molar-refractivity contribution < 1.29 is 13.6 Å². The summed E-state index contributed by atoms with van der Waals surface area (Å²) in [5, 5.41) is 0. The number of hydrogen-bond donors (Lipinski definition) is 1. The molecule has 1 N–H and O–H groups in total. The van der Waals surface area contributed by atoms with E-state index < -0.39 is 11.3 Å². The largest absolute Gasteiger partial charge is 0.298 e. The summed E-state index contributed by atoms with van der Waals surface area (Å²) >= 11 is 9.23. The highest BCUT2D eigenvalue weighted by molar-refractivity contribution is 7.80. The van der Waals surface area contributed by atoms with Crippen LogP contribution < -0.4 is 4.31 Å². The summed E-state index contributed by atoms with van der Waals surface area (Å²) in [6.45, 7) is 1.21. The van der Waals surface area contributed by atoms with Gasteiger partial charge in [-0.05, 0) is 30.2 Å². The highest BCUT2D eigenvalue weighted by Crippen LogP contribution is 2.22. The molecule has 4 nitrogen and oxygen atoms in total. The predicted molar refractivity (Wildman–Crippen MR) is 74.4 cm³/mol. The lowest BCUT2D eigenvalue weighted by Crippen LogP contribution is -2.30. The molecule has 1 rings (SSSR count). The zero-order valence-corrected chi connectivity index (χ0v) is 12.1. The summed E-state index contributed by atoms with van der Waals surface area (Å²) in [4.78, 5) is 11.1. The van der Waals surface area contributed by atoms with Gasteiger partial charge in [-0.2, -0.15) is 0 Å². The van der Waals surface area contributed by atoms with Crippen LogP contribution in [0.2, 0.25) is 0 Å². The third kappa shape index (κ3) is 4.24. The molecular formula is C11H13Cl2NO3S. The second-order valence-electron chi connectivity index (χ2n) is 3.74. The molecule has 7 heteroatoms. The Morgan fingerprint density at radius 3 is 2.11 bits per heavy atom. The number of Topliss-reactive ketones (excluding diaryl/α,β-unsaturated/α-hetero) is 1. The molecule has 0 aliphatic carbocycles. The molecule has 0 fully saturated rings. The number of nitrogens with zero attached hydrogens (tertiary/aromatic N) is 1. The van der Waals surface area contributed by atoms with E-state index in [1.54, 1.807) is 12.1 Å². The molecule has 0 aromatic heterocycles. The van der Waals surface area contributed by atoms with E-state index in [0.717, 1.165) is 15.4 Å². The molecule has 1 atom stereocenters. The third-order valence-corrected chi connectivity index (χ3v) is 3.52. The average molecular weight is 310 g/mol. The molecule has 0 aliphatic rings. The Hall–Kier alpha value is -0.620. The average Bonchev–Trinajstić information content (AvgIpc) is 2.34. The minimum Gasteiger partial charge on any atom is -0.298 e. The Labute approximate surface area is 118 Å². The van der Waals surface area contributed by atoms with Crippen molar-refractivity contribution in [2.24, 2.45) is 0 Å². The van der Waals surface area contributed by atoms with Crippen LogP contribution in [0.1, 0.15) is 18.1 Å². The Morgan fingerprint density at radius 1 is 1.28 bits per heavy atom. The van der Waals surface area contributed by atoms with Crippen LogP contribution in [-0.2, 0) is 27.8 Å². The monoisotopic (exact) mass is 309 g/mol. The van der Waals surface area contributed by atoms with Crippen molar-refractivity contribution in [3.8, 4) is 0 Å². The van der Waals surface area contributed by atoms with E-state index in [9.17, 15) is 13.6 Å². The minimum atomic E-state index is -2.27. The van der Waals surface area contributed by atoms with Gasteiger partial charge in [0.05, 0.1) is 12.2 Å². The van der Waals surface area contributed by atoms with E-state index in [0.29, 0.717) is 5.69 Å². The van der Waals surface area contributed by atoms with Crippen molar-refractivity contribution in [3.05, 3.63) is 29.3 Å². The topological polar surface area (TPSA) is 57.6 Å². The molecule has 0 bridgehead atoms. The molecular weight excluding hydrogens is 297 g/mol. The van der Waals surface area contributed by atoms with Crippen molar-refractivity contribution >= 4 is 45.9 Å². The first-order valence-electron chi connectivity index (χ1n) is 5.10. The summed E-state index contributed by atoms with van der Waals surface area (Å²) in [6, 6.07) is 5.15. The Kier molecular flexibility index (Phi) is 6.08. The molecule has 1 aromatic carbocycles. The smallest absolute Gasteiger partial charge is 0.262 e. The van der Waals surface area contributed by atoms with Crippen LogP contribution in [0, 0.1) is 0 Å². The second-order valence-corrected chi connectivity index (χ2v) is 5.18. The molecule has 0 heterocycles. The standard InChI is InChI=1S/C11H13Cl2NO3S/c1-8(15)7-14(18(16)17)11-3-9(5-12)2-10(4-11)6-13/h2-4H,5-7H2,1H3,(H,16,17). The van der Waals surface area contributed by atoms with Gasteiger partial charge in [0.15, 0.2) is 0 Å². The Bertz CT molecular complexity index is 445. The highest BCUT2D eigenvalue weighted by Gasteiger charge is 2.15. The van der Waals surface area contributed by atoms with Gasteiger partial charge < -0.3 is 0 Å². The number of carbonyl (C=O) groups is 1. The Balaban J connectivity index is 3.17. The molecule has 0 saturated carbocycles. The van der Waals surface area contributed by atoms with Gasteiger partial charge in [0.2, 0.25) is 0 Å². The molecule has 0 amide bonds. The van der Waals surface area contributed by atoms with E-state index >= 15 is 0 Å². The maximum atomic E-state index is 11.3. The van der Waals surface area contributed by atoms with Gasteiger partial charge >= 0.3 is 0 Å². The molecule has 0 radical (unpaired) electrons. The summed E-state index contributed by atoms with van der Waals surface area (Å²) in [7, 11) is 0. The van der Waals surface area contributed by atoms with Crippen LogP contribution >= 0.6 is 23.2 Å². The molecule has 1 aromatic rings. The van der Waals surface area contributed by atoms with Crippen molar-refractivity contribution in [3.63, 3.8) is 0 Å². The number of carbonyl (C=O) groups excluding carboxylic acids is 1. The van der Waals surface area contributed by atoms with E-state index in [4.69, 9.17) is 23.2 Å². The maximum absolute atomic E-state index is 11.3. The van der Waals surface area contributed by atoms with E-state index in [1.165, 1.54) is 6.92 Å².